The molecule has 26 heavy (non-hydrogen) atoms. The zero-order chi connectivity index (χ0) is 18.7. The van der Waals surface area contributed by atoms with E-state index in [1.807, 2.05) is 14.1 Å². The summed E-state index contributed by atoms with van der Waals surface area (Å²) in [7, 11) is 3.65. The maximum atomic E-state index is 13.3. The van der Waals surface area contributed by atoms with E-state index in [2.05, 4.69) is 25.2 Å². The number of nitrogens with zero attached hydrogens (tertiary/aromatic N) is 5. The highest BCUT2D eigenvalue weighted by atomic mass is 19.2. The first kappa shape index (κ1) is 18.0. The number of rotatable bonds is 5. The smallest absolute Gasteiger partial charge is 0.251 e. The molecule has 1 aliphatic rings. The van der Waals surface area contributed by atoms with Gasteiger partial charge < -0.3 is 15.1 Å². The Labute approximate surface area is 150 Å². The van der Waals surface area contributed by atoms with Crippen LogP contribution in [0, 0.1) is 11.6 Å². The minimum atomic E-state index is -1.07. The number of carbonyl (C=O) groups is 1. The molecule has 0 atom stereocenters. The molecule has 1 amide bonds. The summed E-state index contributed by atoms with van der Waals surface area (Å²) in [5.74, 6) is -1.11. The van der Waals surface area contributed by atoms with Crippen LogP contribution in [0.1, 0.15) is 29.0 Å². The van der Waals surface area contributed by atoms with Crippen molar-refractivity contribution in [2.75, 3.05) is 37.0 Å². The fourth-order valence-corrected chi connectivity index (χ4v) is 2.63. The van der Waals surface area contributed by atoms with Crippen molar-refractivity contribution >= 4 is 17.8 Å². The number of nitrogens with one attached hydrogen (secondary N) is 1. The third-order valence-corrected chi connectivity index (χ3v) is 4.04. The Morgan fingerprint density at radius 3 is 2.54 bits per heavy atom. The summed E-state index contributed by atoms with van der Waals surface area (Å²) in [6, 6.07) is 3.00. The van der Waals surface area contributed by atoms with Gasteiger partial charge in [0.15, 0.2) is 17.5 Å². The van der Waals surface area contributed by atoms with Crippen LogP contribution in [-0.4, -0.2) is 48.0 Å². The lowest BCUT2D eigenvalue weighted by molar-refractivity contribution is 0.0949. The van der Waals surface area contributed by atoms with Crippen molar-refractivity contribution in [1.82, 2.24) is 20.3 Å². The second-order valence-corrected chi connectivity index (χ2v) is 6.25. The van der Waals surface area contributed by atoms with Gasteiger partial charge in [0.2, 0.25) is 11.9 Å². The molecule has 1 N–H and O–H groups in total. The Morgan fingerprint density at radius 1 is 1.15 bits per heavy atom. The summed E-state index contributed by atoms with van der Waals surface area (Å²) in [6.07, 6.45) is 2.18. The molecule has 7 nitrogen and oxygen atoms in total. The zero-order valence-electron chi connectivity index (χ0n) is 14.7. The van der Waals surface area contributed by atoms with Gasteiger partial charge in [-0.2, -0.15) is 15.0 Å². The van der Waals surface area contributed by atoms with Crippen LogP contribution in [0.4, 0.5) is 20.7 Å². The molecular formula is C17H20F2N6O. The highest BCUT2D eigenvalue weighted by Crippen LogP contribution is 2.18. The lowest BCUT2D eigenvalue weighted by Crippen LogP contribution is -2.27. The van der Waals surface area contributed by atoms with Crippen LogP contribution in [0.25, 0.3) is 0 Å². The summed E-state index contributed by atoms with van der Waals surface area (Å²) in [6.45, 7) is 1.83. The molecule has 2 heterocycles. The van der Waals surface area contributed by atoms with Crippen molar-refractivity contribution in [2.24, 2.45) is 0 Å². The topological polar surface area (TPSA) is 74.2 Å². The standard InChI is InChI=1S/C17H20F2N6O/c1-24(2)16-21-14(22-17(23-16)25-7-3-4-8-25)10-20-15(26)11-5-6-12(18)13(19)9-11/h5-6,9H,3-4,7-8,10H2,1-2H3,(H,20,26). The van der Waals surface area contributed by atoms with Gasteiger partial charge in [0.05, 0.1) is 6.54 Å². The number of halogens is 2. The molecule has 1 fully saturated rings. The van der Waals surface area contributed by atoms with Crippen LogP contribution in [0.2, 0.25) is 0 Å². The van der Waals surface area contributed by atoms with Gasteiger partial charge in [-0.3, -0.25) is 4.79 Å². The molecule has 0 saturated carbocycles. The van der Waals surface area contributed by atoms with Gasteiger partial charge in [-0.25, -0.2) is 8.78 Å². The van der Waals surface area contributed by atoms with Gasteiger partial charge in [0.25, 0.3) is 5.91 Å². The molecule has 9 heteroatoms. The monoisotopic (exact) mass is 362 g/mol. The van der Waals surface area contributed by atoms with Crippen LogP contribution in [0.3, 0.4) is 0 Å². The quantitative estimate of drug-likeness (QED) is 0.874. The Hall–Kier alpha value is -2.84. The van der Waals surface area contributed by atoms with E-state index >= 15 is 0 Å². The number of aromatic nitrogens is 3. The van der Waals surface area contributed by atoms with E-state index in [4.69, 9.17) is 0 Å². The van der Waals surface area contributed by atoms with Gasteiger partial charge in [0.1, 0.15) is 0 Å². The normalized spacial score (nSPS) is 13.8. The van der Waals surface area contributed by atoms with Crippen LogP contribution < -0.4 is 15.1 Å². The first-order valence-electron chi connectivity index (χ1n) is 8.34. The van der Waals surface area contributed by atoms with E-state index in [0.717, 1.165) is 38.1 Å². The minimum absolute atomic E-state index is 0.0329. The number of hydrogen-bond acceptors (Lipinski definition) is 6. The average molecular weight is 362 g/mol. The van der Waals surface area contributed by atoms with Gasteiger partial charge in [0, 0.05) is 32.7 Å². The Bertz CT molecular complexity index is 808. The summed E-state index contributed by atoms with van der Waals surface area (Å²) >= 11 is 0. The van der Waals surface area contributed by atoms with Crippen molar-refractivity contribution in [3.63, 3.8) is 0 Å². The van der Waals surface area contributed by atoms with Crippen molar-refractivity contribution in [3.05, 3.63) is 41.2 Å². The first-order valence-corrected chi connectivity index (χ1v) is 8.34. The van der Waals surface area contributed by atoms with Crippen molar-refractivity contribution in [2.45, 2.75) is 19.4 Å². The average Bonchev–Trinajstić information content (AvgIpc) is 3.16. The lowest BCUT2D eigenvalue weighted by Gasteiger charge is -2.19. The van der Waals surface area contributed by atoms with E-state index in [0.29, 0.717) is 17.7 Å². The van der Waals surface area contributed by atoms with Crippen LogP contribution in [0.15, 0.2) is 18.2 Å². The fraction of sp³-hybridized carbons (Fsp3) is 0.412. The number of benzene rings is 1. The molecule has 3 rings (SSSR count). The molecule has 0 bridgehead atoms. The van der Waals surface area contributed by atoms with Gasteiger partial charge in [-0.15, -0.1) is 0 Å². The van der Waals surface area contributed by atoms with Crippen LogP contribution in [-0.2, 0) is 6.54 Å². The predicted octanol–water partition coefficient (Wildman–Crippen LogP) is 1.75. The minimum Gasteiger partial charge on any atom is -0.347 e. The largest absolute Gasteiger partial charge is 0.347 e. The summed E-state index contributed by atoms with van der Waals surface area (Å²) in [5.41, 5.74) is 0.0329. The second kappa shape index (κ2) is 7.59. The van der Waals surface area contributed by atoms with Crippen LogP contribution in [0.5, 0.6) is 0 Å². The third kappa shape index (κ3) is 4.04. The number of hydrogen-bond donors (Lipinski definition) is 1. The molecular weight excluding hydrogens is 342 g/mol. The zero-order valence-corrected chi connectivity index (χ0v) is 14.7. The Morgan fingerprint density at radius 2 is 1.88 bits per heavy atom. The highest BCUT2D eigenvalue weighted by Gasteiger charge is 2.18. The molecule has 0 unspecified atom stereocenters. The highest BCUT2D eigenvalue weighted by molar-refractivity contribution is 5.94. The molecule has 0 radical (unpaired) electrons. The summed E-state index contributed by atoms with van der Waals surface area (Å²) in [5, 5.41) is 2.63. The van der Waals surface area contributed by atoms with E-state index < -0.39 is 17.5 Å². The molecule has 1 aliphatic heterocycles. The summed E-state index contributed by atoms with van der Waals surface area (Å²) in [4.78, 5) is 29.2. The van der Waals surface area contributed by atoms with E-state index in [1.54, 1.807) is 4.90 Å². The van der Waals surface area contributed by atoms with E-state index in [-0.39, 0.29) is 12.1 Å². The van der Waals surface area contributed by atoms with Gasteiger partial charge in [-0.05, 0) is 31.0 Å². The Balaban J connectivity index is 1.75. The molecule has 1 aromatic heterocycles. The SMILES string of the molecule is CN(C)c1nc(CNC(=O)c2ccc(F)c(F)c2)nc(N2CCCC2)n1. The van der Waals surface area contributed by atoms with Gasteiger partial charge >= 0.3 is 0 Å². The van der Waals surface area contributed by atoms with Crippen molar-refractivity contribution in [3.8, 4) is 0 Å². The molecule has 1 saturated heterocycles. The molecule has 138 valence electrons. The van der Waals surface area contributed by atoms with Gasteiger partial charge in [-0.1, -0.05) is 0 Å². The lowest BCUT2D eigenvalue weighted by atomic mass is 10.2. The third-order valence-electron chi connectivity index (χ3n) is 4.04. The maximum absolute atomic E-state index is 13.3. The number of anilines is 2. The van der Waals surface area contributed by atoms with E-state index in [1.165, 1.54) is 6.07 Å². The summed E-state index contributed by atoms with van der Waals surface area (Å²) < 4.78 is 26.3. The van der Waals surface area contributed by atoms with Crippen molar-refractivity contribution < 1.29 is 13.6 Å². The number of carbonyl (C=O) groups excluding carboxylic acids is 1. The molecule has 2 aromatic rings. The Kier molecular flexibility index (Phi) is 5.24. The fourth-order valence-electron chi connectivity index (χ4n) is 2.63. The maximum Gasteiger partial charge on any atom is 0.251 e. The van der Waals surface area contributed by atoms with E-state index in [9.17, 15) is 13.6 Å². The number of amides is 1. The molecule has 0 spiro atoms. The second-order valence-electron chi connectivity index (χ2n) is 6.25. The first-order chi connectivity index (χ1) is 12.4. The van der Waals surface area contributed by atoms with Crippen molar-refractivity contribution in [1.29, 1.82) is 0 Å². The predicted molar refractivity (Wildman–Crippen MR) is 93.1 cm³/mol. The molecule has 1 aromatic carbocycles. The molecule has 0 aliphatic carbocycles. The van der Waals surface area contributed by atoms with Crippen LogP contribution >= 0.6 is 0 Å².